The smallest absolute Gasteiger partial charge is 0.294 e. The number of ether oxygens (including phenoxy) is 2. The molecule has 0 amide bonds. The summed E-state index contributed by atoms with van der Waals surface area (Å²) in [6.07, 6.45) is 3.57. The van der Waals surface area contributed by atoms with E-state index in [9.17, 15) is 18.5 Å². The van der Waals surface area contributed by atoms with Gasteiger partial charge in [0.2, 0.25) is 16.8 Å². The number of nitrogens with zero attached hydrogens (tertiary/aromatic N) is 2. The van der Waals surface area contributed by atoms with Gasteiger partial charge in [-0.15, -0.1) is 0 Å². The van der Waals surface area contributed by atoms with E-state index in [0.717, 1.165) is 31.7 Å². The van der Waals surface area contributed by atoms with E-state index in [2.05, 4.69) is 5.32 Å². The highest BCUT2D eigenvalue weighted by atomic mass is 32.2. The predicted octanol–water partition coefficient (Wildman–Crippen LogP) is 3.63. The molecule has 4 rings (SSSR count). The minimum atomic E-state index is -3.77. The molecule has 1 fully saturated rings. The van der Waals surface area contributed by atoms with E-state index in [1.165, 1.54) is 16.4 Å². The summed E-state index contributed by atoms with van der Waals surface area (Å²) < 4.78 is 37.9. The fourth-order valence-electron chi connectivity index (χ4n) is 3.49. The van der Waals surface area contributed by atoms with E-state index in [4.69, 9.17) is 9.47 Å². The number of nitro groups is 1. The molecule has 0 unspecified atom stereocenters. The molecule has 0 radical (unpaired) electrons. The highest BCUT2D eigenvalue weighted by Gasteiger charge is 2.28. The monoisotopic (exact) mass is 419 g/mol. The first-order chi connectivity index (χ1) is 13.9. The van der Waals surface area contributed by atoms with Gasteiger partial charge in [-0.1, -0.05) is 12.8 Å². The van der Waals surface area contributed by atoms with Crippen LogP contribution in [0.15, 0.2) is 41.3 Å². The van der Waals surface area contributed by atoms with Crippen molar-refractivity contribution in [2.75, 3.05) is 25.2 Å². The lowest BCUT2D eigenvalue weighted by Crippen LogP contribution is -2.32. The highest BCUT2D eigenvalue weighted by Crippen LogP contribution is 2.37. The second-order valence-electron chi connectivity index (χ2n) is 6.95. The summed E-state index contributed by atoms with van der Waals surface area (Å²) in [7, 11) is -3.77. The SMILES string of the molecule is O=[N+]([O-])c1cc(S(=O)(=O)N2CCCCCC2)ccc1Nc1ccc2c(c1)OCO2. The van der Waals surface area contributed by atoms with Crippen LogP contribution in [0.25, 0.3) is 0 Å². The maximum absolute atomic E-state index is 13.0. The van der Waals surface area contributed by atoms with Crippen molar-refractivity contribution in [2.24, 2.45) is 0 Å². The molecule has 2 aromatic rings. The molecule has 2 aliphatic rings. The molecular weight excluding hydrogens is 398 g/mol. The van der Waals surface area contributed by atoms with Crippen LogP contribution in [0, 0.1) is 10.1 Å². The van der Waals surface area contributed by atoms with Crippen LogP contribution < -0.4 is 14.8 Å². The van der Waals surface area contributed by atoms with Crippen molar-refractivity contribution in [3.05, 3.63) is 46.5 Å². The third-order valence-electron chi connectivity index (χ3n) is 5.02. The third kappa shape index (κ3) is 3.99. The van der Waals surface area contributed by atoms with E-state index >= 15 is 0 Å². The number of anilines is 2. The molecule has 29 heavy (non-hydrogen) atoms. The maximum atomic E-state index is 13.0. The first-order valence-electron chi connectivity index (χ1n) is 9.40. The molecule has 10 heteroatoms. The van der Waals surface area contributed by atoms with Gasteiger partial charge in [-0.2, -0.15) is 4.31 Å². The van der Waals surface area contributed by atoms with Gasteiger partial charge in [-0.05, 0) is 37.1 Å². The Labute approximate surface area is 168 Å². The molecule has 9 nitrogen and oxygen atoms in total. The van der Waals surface area contributed by atoms with E-state index in [1.807, 2.05) is 0 Å². The van der Waals surface area contributed by atoms with E-state index in [1.54, 1.807) is 18.2 Å². The van der Waals surface area contributed by atoms with Gasteiger partial charge in [-0.3, -0.25) is 10.1 Å². The van der Waals surface area contributed by atoms with Crippen molar-refractivity contribution in [1.82, 2.24) is 4.31 Å². The van der Waals surface area contributed by atoms with Crippen LogP contribution in [0.2, 0.25) is 0 Å². The van der Waals surface area contributed by atoms with Gasteiger partial charge < -0.3 is 14.8 Å². The number of nitro benzene ring substituents is 1. The average molecular weight is 419 g/mol. The molecule has 1 saturated heterocycles. The van der Waals surface area contributed by atoms with Gasteiger partial charge in [0.25, 0.3) is 5.69 Å². The summed E-state index contributed by atoms with van der Waals surface area (Å²) in [5.74, 6) is 1.14. The molecule has 0 aromatic heterocycles. The molecule has 0 saturated carbocycles. The standard InChI is InChI=1S/C19H21N3O6S/c23-22(24)17-12-15(29(25,26)21-9-3-1-2-4-10-21)6-7-16(17)20-14-5-8-18-19(11-14)28-13-27-18/h5-8,11-12,20H,1-4,9-10,13H2. The molecule has 1 N–H and O–H groups in total. The quantitative estimate of drug-likeness (QED) is 0.582. The van der Waals surface area contributed by atoms with Crippen molar-refractivity contribution >= 4 is 27.1 Å². The van der Waals surface area contributed by atoms with Crippen LogP contribution in [-0.2, 0) is 10.0 Å². The van der Waals surface area contributed by atoms with Gasteiger partial charge in [0, 0.05) is 30.9 Å². The number of sulfonamides is 1. The highest BCUT2D eigenvalue weighted by molar-refractivity contribution is 7.89. The molecule has 0 bridgehead atoms. The van der Waals surface area contributed by atoms with Crippen molar-refractivity contribution in [3.8, 4) is 11.5 Å². The Hall–Kier alpha value is -2.85. The number of rotatable bonds is 5. The molecule has 154 valence electrons. The fraction of sp³-hybridized carbons (Fsp3) is 0.368. The van der Waals surface area contributed by atoms with Crippen molar-refractivity contribution in [1.29, 1.82) is 0 Å². The largest absolute Gasteiger partial charge is 0.454 e. The Morgan fingerprint density at radius 2 is 1.69 bits per heavy atom. The lowest BCUT2D eigenvalue weighted by molar-refractivity contribution is -0.384. The lowest BCUT2D eigenvalue weighted by Gasteiger charge is -2.20. The molecular formula is C19H21N3O6S. The first kappa shape index (κ1) is 19.5. The zero-order valence-corrected chi connectivity index (χ0v) is 16.5. The summed E-state index contributed by atoms with van der Waals surface area (Å²) in [6.45, 7) is 1.00. The van der Waals surface area contributed by atoms with Gasteiger partial charge >= 0.3 is 0 Å². The molecule has 0 aliphatic carbocycles. The van der Waals surface area contributed by atoms with Crippen LogP contribution in [-0.4, -0.2) is 37.5 Å². The number of fused-ring (bicyclic) bond motifs is 1. The van der Waals surface area contributed by atoms with Crippen LogP contribution >= 0.6 is 0 Å². The summed E-state index contributed by atoms with van der Waals surface area (Å²) in [4.78, 5) is 11.0. The summed E-state index contributed by atoms with van der Waals surface area (Å²) in [5.41, 5.74) is 0.461. The van der Waals surface area contributed by atoms with Gasteiger partial charge in [0.05, 0.1) is 9.82 Å². The second-order valence-corrected chi connectivity index (χ2v) is 8.89. The third-order valence-corrected chi connectivity index (χ3v) is 6.91. The number of benzene rings is 2. The Kier molecular flexibility index (Phi) is 5.29. The Bertz CT molecular complexity index is 1030. The Balaban J connectivity index is 1.64. The van der Waals surface area contributed by atoms with E-state index in [0.29, 0.717) is 30.3 Å². The number of nitrogens with one attached hydrogen (secondary N) is 1. The fourth-order valence-corrected chi connectivity index (χ4v) is 5.03. The predicted molar refractivity (Wildman–Crippen MR) is 106 cm³/mol. The van der Waals surface area contributed by atoms with Crippen molar-refractivity contribution in [3.63, 3.8) is 0 Å². The number of hydrogen-bond acceptors (Lipinski definition) is 7. The Morgan fingerprint density at radius 1 is 0.966 bits per heavy atom. The second kappa shape index (κ2) is 7.88. The molecule has 0 spiro atoms. The topological polar surface area (TPSA) is 111 Å². The molecule has 2 aliphatic heterocycles. The van der Waals surface area contributed by atoms with Crippen LogP contribution in [0.4, 0.5) is 17.1 Å². The van der Waals surface area contributed by atoms with Crippen molar-refractivity contribution < 1.29 is 22.8 Å². The summed E-state index contributed by atoms with van der Waals surface area (Å²) in [5, 5.41) is 14.6. The summed E-state index contributed by atoms with van der Waals surface area (Å²) >= 11 is 0. The average Bonchev–Trinajstić information content (AvgIpc) is 2.98. The Morgan fingerprint density at radius 3 is 2.41 bits per heavy atom. The van der Waals surface area contributed by atoms with Gasteiger partial charge in [0.1, 0.15) is 5.69 Å². The van der Waals surface area contributed by atoms with Crippen LogP contribution in [0.3, 0.4) is 0 Å². The minimum Gasteiger partial charge on any atom is -0.454 e. The van der Waals surface area contributed by atoms with E-state index < -0.39 is 14.9 Å². The maximum Gasteiger partial charge on any atom is 0.294 e. The minimum absolute atomic E-state index is 0.0673. The number of hydrogen-bond donors (Lipinski definition) is 1. The zero-order chi connectivity index (χ0) is 20.4. The summed E-state index contributed by atoms with van der Waals surface area (Å²) in [6, 6.07) is 9.03. The lowest BCUT2D eigenvalue weighted by atomic mass is 10.2. The van der Waals surface area contributed by atoms with E-state index in [-0.39, 0.29) is 23.1 Å². The van der Waals surface area contributed by atoms with Crippen LogP contribution in [0.5, 0.6) is 11.5 Å². The zero-order valence-electron chi connectivity index (χ0n) is 15.7. The first-order valence-corrected chi connectivity index (χ1v) is 10.8. The molecule has 2 heterocycles. The molecule has 2 aromatic carbocycles. The molecule has 0 atom stereocenters. The normalized spacial score (nSPS) is 17.0. The van der Waals surface area contributed by atoms with Crippen molar-refractivity contribution in [2.45, 2.75) is 30.6 Å². The van der Waals surface area contributed by atoms with Crippen LogP contribution in [0.1, 0.15) is 25.7 Å². The van der Waals surface area contributed by atoms with Gasteiger partial charge in [-0.25, -0.2) is 8.42 Å². The van der Waals surface area contributed by atoms with Gasteiger partial charge in [0.15, 0.2) is 11.5 Å².